The van der Waals surface area contributed by atoms with Crippen molar-refractivity contribution in [2.75, 3.05) is 13.2 Å². The molecule has 0 spiro atoms. The van der Waals surface area contributed by atoms with Gasteiger partial charge in [-0.15, -0.1) is 0 Å². The minimum Gasteiger partial charge on any atom is -0.376 e. The van der Waals surface area contributed by atoms with E-state index in [2.05, 4.69) is 5.32 Å². The van der Waals surface area contributed by atoms with Gasteiger partial charge < -0.3 is 15.0 Å². The second kappa shape index (κ2) is 10.1. The fourth-order valence-corrected chi connectivity index (χ4v) is 3.50. The minimum absolute atomic E-state index is 0.0876. The van der Waals surface area contributed by atoms with Crippen molar-refractivity contribution in [3.63, 3.8) is 0 Å². The van der Waals surface area contributed by atoms with Crippen molar-refractivity contribution >= 4 is 17.5 Å². The van der Waals surface area contributed by atoms with E-state index >= 15 is 0 Å². The first-order valence-corrected chi connectivity index (χ1v) is 10.0. The van der Waals surface area contributed by atoms with E-state index in [1.165, 1.54) is 30.3 Å². The summed E-state index contributed by atoms with van der Waals surface area (Å²) < 4.78 is 19.2. The van der Waals surface area contributed by atoms with Gasteiger partial charge in [-0.05, 0) is 43.5 Å². The maximum Gasteiger partial charge on any atom is 0.270 e. The molecule has 164 valence electrons. The van der Waals surface area contributed by atoms with Crippen molar-refractivity contribution in [3.8, 4) is 0 Å². The molecule has 1 fully saturated rings. The maximum atomic E-state index is 13.6. The van der Waals surface area contributed by atoms with Gasteiger partial charge in [0.1, 0.15) is 11.9 Å². The highest BCUT2D eigenvalue weighted by atomic mass is 19.1. The molecule has 0 aromatic heterocycles. The Morgan fingerprint density at radius 3 is 2.74 bits per heavy atom. The van der Waals surface area contributed by atoms with Gasteiger partial charge in [-0.3, -0.25) is 19.7 Å². The van der Waals surface area contributed by atoms with E-state index in [0.717, 1.165) is 18.9 Å². The van der Waals surface area contributed by atoms with Crippen molar-refractivity contribution in [1.29, 1.82) is 0 Å². The van der Waals surface area contributed by atoms with Gasteiger partial charge in [0.2, 0.25) is 5.91 Å². The molecule has 9 heteroatoms. The topological polar surface area (TPSA) is 102 Å². The van der Waals surface area contributed by atoms with Crippen LogP contribution in [0.3, 0.4) is 0 Å². The zero-order valence-electron chi connectivity index (χ0n) is 17.1. The van der Waals surface area contributed by atoms with Gasteiger partial charge in [-0.2, -0.15) is 0 Å². The normalized spacial score (nSPS) is 16.5. The molecule has 2 aromatic carbocycles. The highest BCUT2D eigenvalue weighted by Crippen LogP contribution is 2.17. The summed E-state index contributed by atoms with van der Waals surface area (Å²) in [4.78, 5) is 37.5. The fraction of sp³-hybridized carbons (Fsp3) is 0.364. The summed E-state index contributed by atoms with van der Waals surface area (Å²) in [5.41, 5.74) is 0.506. The number of hydrogen-bond donors (Lipinski definition) is 1. The summed E-state index contributed by atoms with van der Waals surface area (Å²) in [5, 5.41) is 13.5. The number of amides is 2. The molecule has 0 radical (unpaired) electrons. The third-order valence-corrected chi connectivity index (χ3v) is 5.06. The molecule has 2 unspecified atom stereocenters. The van der Waals surface area contributed by atoms with Crippen LogP contribution in [0.2, 0.25) is 0 Å². The summed E-state index contributed by atoms with van der Waals surface area (Å²) in [6.45, 7) is 2.68. The summed E-state index contributed by atoms with van der Waals surface area (Å²) in [5.74, 6) is -1.33. The lowest BCUT2D eigenvalue weighted by atomic mass is 10.1. The molecule has 8 nitrogen and oxygen atoms in total. The highest BCUT2D eigenvalue weighted by Gasteiger charge is 2.27. The molecular weight excluding hydrogens is 405 g/mol. The predicted molar refractivity (Wildman–Crippen MR) is 111 cm³/mol. The third kappa shape index (κ3) is 6.08. The summed E-state index contributed by atoms with van der Waals surface area (Å²) in [7, 11) is 0. The van der Waals surface area contributed by atoms with Gasteiger partial charge in [0.05, 0.1) is 11.0 Å². The van der Waals surface area contributed by atoms with Crippen LogP contribution in [-0.2, 0) is 16.1 Å². The van der Waals surface area contributed by atoms with Crippen molar-refractivity contribution in [3.05, 3.63) is 75.6 Å². The number of ether oxygens (including phenoxy) is 1. The van der Waals surface area contributed by atoms with Crippen LogP contribution in [0.25, 0.3) is 0 Å². The van der Waals surface area contributed by atoms with E-state index in [4.69, 9.17) is 4.74 Å². The number of nitro benzene ring substituents is 1. The Morgan fingerprint density at radius 2 is 2.06 bits per heavy atom. The van der Waals surface area contributed by atoms with Crippen LogP contribution in [0, 0.1) is 15.9 Å². The van der Waals surface area contributed by atoms with Crippen LogP contribution in [0.15, 0.2) is 48.5 Å². The van der Waals surface area contributed by atoms with Gasteiger partial charge >= 0.3 is 0 Å². The molecule has 0 saturated carbocycles. The Labute approximate surface area is 179 Å². The molecule has 1 saturated heterocycles. The van der Waals surface area contributed by atoms with Crippen molar-refractivity contribution in [2.45, 2.75) is 38.5 Å². The maximum absolute atomic E-state index is 13.6. The van der Waals surface area contributed by atoms with Gasteiger partial charge in [0.25, 0.3) is 11.6 Å². The van der Waals surface area contributed by atoms with Crippen LogP contribution in [0.4, 0.5) is 10.1 Å². The Hall–Kier alpha value is -3.33. The molecule has 2 atom stereocenters. The average molecular weight is 429 g/mol. The molecule has 0 aliphatic carbocycles. The first kappa shape index (κ1) is 22.4. The molecular formula is C22H24FN3O5. The van der Waals surface area contributed by atoms with Gasteiger partial charge in [-0.25, -0.2) is 4.39 Å². The second-order valence-corrected chi connectivity index (χ2v) is 7.49. The molecule has 2 amide bonds. The Kier molecular flexibility index (Phi) is 7.30. The Morgan fingerprint density at radius 1 is 1.29 bits per heavy atom. The van der Waals surface area contributed by atoms with E-state index in [1.807, 2.05) is 0 Å². The lowest BCUT2D eigenvalue weighted by molar-refractivity contribution is -0.384. The number of rotatable bonds is 8. The van der Waals surface area contributed by atoms with Crippen molar-refractivity contribution in [1.82, 2.24) is 10.2 Å². The largest absolute Gasteiger partial charge is 0.376 e. The smallest absolute Gasteiger partial charge is 0.270 e. The van der Waals surface area contributed by atoms with Gasteiger partial charge in [-0.1, -0.05) is 18.2 Å². The van der Waals surface area contributed by atoms with E-state index in [1.54, 1.807) is 24.0 Å². The predicted octanol–water partition coefficient (Wildman–Crippen LogP) is 3.06. The van der Waals surface area contributed by atoms with Gasteiger partial charge in [0, 0.05) is 37.4 Å². The van der Waals surface area contributed by atoms with Crippen LogP contribution in [0.5, 0.6) is 0 Å². The van der Waals surface area contributed by atoms with Crippen LogP contribution in [-0.4, -0.2) is 46.9 Å². The van der Waals surface area contributed by atoms with E-state index in [-0.39, 0.29) is 29.8 Å². The summed E-state index contributed by atoms with van der Waals surface area (Å²) in [6, 6.07) is 10.4. The van der Waals surface area contributed by atoms with Crippen LogP contribution < -0.4 is 5.32 Å². The fourth-order valence-electron chi connectivity index (χ4n) is 3.50. The van der Waals surface area contributed by atoms with Crippen molar-refractivity contribution in [2.24, 2.45) is 0 Å². The second-order valence-electron chi connectivity index (χ2n) is 7.49. The number of carbonyl (C=O) groups is 2. The lowest BCUT2D eigenvalue weighted by Crippen LogP contribution is -2.48. The number of non-ortho nitro benzene ring substituents is 1. The molecule has 2 aromatic rings. The molecule has 1 heterocycles. The number of nitro groups is 1. The summed E-state index contributed by atoms with van der Waals surface area (Å²) >= 11 is 0. The zero-order valence-corrected chi connectivity index (χ0v) is 17.1. The molecule has 1 N–H and O–H groups in total. The quantitative estimate of drug-likeness (QED) is 0.513. The van der Waals surface area contributed by atoms with Crippen molar-refractivity contribution < 1.29 is 23.6 Å². The first-order chi connectivity index (χ1) is 14.8. The highest BCUT2D eigenvalue weighted by molar-refractivity contribution is 5.97. The number of halogens is 1. The molecule has 3 rings (SSSR count). The third-order valence-electron chi connectivity index (χ3n) is 5.06. The Balaban J connectivity index is 1.71. The van der Waals surface area contributed by atoms with Crippen LogP contribution in [0.1, 0.15) is 35.7 Å². The van der Waals surface area contributed by atoms with E-state index in [9.17, 15) is 24.1 Å². The Bertz CT molecular complexity index is 962. The first-order valence-electron chi connectivity index (χ1n) is 10.0. The van der Waals surface area contributed by atoms with E-state index in [0.29, 0.717) is 18.7 Å². The lowest BCUT2D eigenvalue weighted by Gasteiger charge is -2.28. The number of benzene rings is 2. The molecule has 1 aliphatic heterocycles. The number of carbonyl (C=O) groups excluding carboxylic acids is 2. The molecule has 0 bridgehead atoms. The van der Waals surface area contributed by atoms with Gasteiger partial charge in [0.15, 0.2) is 0 Å². The monoisotopic (exact) mass is 429 g/mol. The zero-order chi connectivity index (χ0) is 22.4. The molecule has 31 heavy (non-hydrogen) atoms. The SMILES string of the molecule is CC(NC(=O)c1cccc([N+](=O)[O-])c1)C(=O)N(Cc1cccc(F)c1)CC1CCCO1. The average Bonchev–Trinajstić information content (AvgIpc) is 3.26. The standard InChI is InChI=1S/C22H24FN3O5/c1-15(24-21(27)17-6-3-8-19(12-17)26(29)30)22(28)25(14-20-9-4-10-31-20)13-16-5-2-7-18(23)11-16/h2-3,5-8,11-12,15,20H,4,9-10,13-14H2,1H3,(H,24,27). The number of nitrogens with zero attached hydrogens (tertiary/aromatic N) is 2. The van der Waals surface area contributed by atoms with Crippen LogP contribution >= 0.6 is 0 Å². The summed E-state index contributed by atoms with van der Waals surface area (Å²) in [6.07, 6.45) is 1.62. The number of nitrogens with one attached hydrogen (secondary N) is 1. The minimum atomic E-state index is -0.887. The molecule has 1 aliphatic rings. The van der Waals surface area contributed by atoms with E-state index < -0.39 is 22.7 Å². The number of hydrogen-bond acceptors (Lipinski definition) is 5.